The topological polar surface area (TPSA) is 158 Å². The Bertz CT molecular complexity index is 1540. The van der Waals surface area contributed by atoms with Crippen molar-refractivity contribution in [2.75, 3.05) is 19.7 Å². The smallest absolute Gasteiger partial charge is 0.465 e. The van der Waals surface area contributed by atoms with Crippen LogP contribution in [-0.4, -0.2) is 61.4 Å². The number of halogens is 1. The minimum atomic E-state index is -0.845. The molecule has 57 heavy (non-hydrogen) atoms. The Morgan fingerprint density at radius 1 is 0.807 bits per heavy atom. The molecule has 0 aliphatic heterocycles. The molecule has 1 saturated carbocycles. The minimum Gasteiger partial charge on any atom is -0.465 e. The molecule has 1 atom stereocenters. The van der Waals surface area contributed by atoms with Gasteiger partial charge in [-0.15, -0.1) is 0 Å². The molecule has 0 unspecified atom stereocenters. The molecule has 316 valence electrons. The second-order valence-electron chi connectivity index (χ2n) is 15.8. The zero-order valence-corrected chi connectivity index (χ0v) is 35.9. The van der Waals surface area contributed by atoms with Gasteiger partial charge in [0, 0.05) is 36.0 Å². The molecule has 2 aromatic carbocycles. The third kappa shape index (κ3) is 20.2. The molecular formula is C44H64BrN3O9. The van der Waals surface area contributed by atoms with Gasteiger partial charge < -0.3 is 34.9 Å². The van der Waals surface area contributed by atoms with E-state index in [0.717, 1.165) is 54.1 Å². The number of amides is 3. The number of esters is 1. The van der Waals surface area contributed by atoms with Crippen LogP contribution in [-0.2, 0) is 41.6 Å². The number of carbonyl (C=O) groups is 5. The van der Waals surface area contributed by atoms with Gasteiger partial charge in [-0.05, 0) is 95.4 Å². The van der Waals surface area contributed by atoms with Crippen LogP contribution in [0.25, 0.3) is 0 Å². The van der Waals surface area contributed by atoms with Crippen LogP contribution in [0.2, 0.25) is 0 Å². The van der Waals surface area contributed by atoms with Gasteiger partial charge in [-0.1, -0.05) is 91.7 Å². The Morgan fingerprint density at radius 3 is 2.19 bits per heavy atom. The van der Waals surface area contributed by atoms with Crippen LogP contribution in [0.3, 0.4) is 0 Å². The summed E-state index contributed by atoms with van der Waals surface area (Å²) < 4.78 is 22.2. The van der Waals surface area contributed by atoms with Crippen LogP contribution < -0.4 is 20.7 Å². The molecular weight excluding hydrogens is 794 g/mol. The van der Waals surface area contributed by atoms with E-state index < -0.39 is 23.9 Å². The summed E-state index contributed by atoms with van der Waals surface area (Å²) >= 11 is 3.43. The first-order chi connectivity index (χ1) is 27.3. The predicted molar refractivity (Wildman–Crippen MR) is 223 cm³/mol. The van der Waals surface area contributed by atoms with E-state index in [9.17, 15) is 24.0 Å². The molecule has 0 radical (unpaired) electrons. The number of benzene rings is 2. The number of hydrogen-bond donors (Lipinski definition) is 3. The third-order valence-electron chi connectivity index (χ3n) is 9.76. The zero-order valence-electron chi connectivity index (χ0n) is 34.3. The van der Waals surface area contributed by atoms with Gasteiger partial charge in [0.15, 0.2) is 0 Å². The largest absolute Gasteiger partial charge is 0.514 e. The van der Waals surface area contributed by atoms with Gasteiger partial charge in [0.05, 0.1) is 12.5 Å². The van der Waals surface area contributed by atoms with Gasteiger partial charge in [-0.2, -0.15) is 0 Å². The van der Waals surface area contributed by atoms with Crippen LogP contribution >= 0.6 is 15.9 Å². The fourth-order valence-corrected chi connectivity index (χ4v) is 6.92. The number of rotatable bonds is 23. The number of carbonyl (C=O) groups excluding carboxylic acids is 5. The van der Waals surface area contributed by atoms with Crippen molar-refractivity contribution in [3.05, 3.63) is 64.1 Å². The molecule has 1 aliphatic rings. The molecule has 3 rings (SSSR count). The summed E-state index contributed by atoms with van der Waals surface area (Å²) in [5, 5.41) is 8.70. The molecule has 13 heteroatoms. The lowest BCUT2D eigenvalue weighted by Gasteiger charge is -2.28. The molecule has 0 saturated heterocycles. The molecule has 12 nitrogen and oxygen atoms in total. The van der Waals surface area contributed by atoms with E-state index in [1.807, 2.05) is 24.3 Å². The van der Waals surface area contributed by atoms with E-state index in [4.69, 9.17) is 18.9 Å². The van der Waals surface area contributed by atoms with E-state index in [0.29, 0.717) is 39.0 Å². The highest BCUT2D eigenvalue weighted by Crippen LogP contribution is 2.29. The van der Waals surface area contributed by atoms with Crippen LogP contribution in [0.4, 0.5) is 9.59 Å². The highest BCUT2D eigenvalue weighted by molar-refractivity contribution is 9.10. The summed E-state index contributed by atoms with van der Waals surface area (Å²) in [6.07, 6.45) is 11.0. The van der Waals surface area contributed by atoms with Crippen LogP contribution in [0, 0.1) is 11.8 Å². The summed E-state index contributed by atoms with van der Waals surface area (Å²) in [5.41, 5.74) is 0.993. The van der Waals surface area contributed by atoms with Crippen molar-refractivity contribution in [1.29, 1.82) is 0 Å². The minimum absolute atomic E-state index is 0.0467. The van der Waals surface area contributed by atoms with Crippen molar-refractivity contribution in [2.45, 2.75) is 142 Å². The SMILES string of the molecule is CCCCCCCCOC(=O)C1CCC(CNC(=O)[C@H](Cc2ccc(OC(=O)OCc3ccccc3Br)cc2)NC(=O)CCCCCNC(=O)OC(C)(C)C)CC1. The van der Waals surface area contributed by atoms with E-state index in [2.05, 4.69) is 38.8 Å². The maximum atomic E-state index is 13.6. The lowest BCUT2D eigenvalue weighted by Crippen LogP contribution is -2.49. The summed E-state index contributed by atoms with van der Waals surface area (Å²) in [7, 11) is 0. The molecule has 0 bridgehead atoms. The quantitative estimate of drug-likeness (QED) is 0.0429. The molecule has 0 aromatic heterocycles. The van der Waals surface area contributed by atoms with E-state index in [1.165, 1.54) is 25.7 Å². The molecule has 1 fully saturated rings. The molecule has 3 amide bonds. The van der Waals surface area contributed by atoms with Gasteiger partial charge in [0.1, 0.15) is 24.0 Å². The van der Waals surface area contributed by atoms with Gasteiger partial charge in [-0.3, -0.25) is 14.4 Å². The van der Waals surface area contributed by atoms with Crippen molar-refractivity contribution in [3.8, 4) is 5.75 Å². The third-order valence-corrected chi connectivity index (χ3v) is 10.5. The Balaban J connectivity index is 1.48. The maximum Gasteiger partial charge on any atom is 0.514 e. The summed E-state index contributed by atoms with van der Waals surface area (Å²) in [6, 6.07) is 13.3. The second kappa shape index (κ2) is 26.0. The van der Waals surface area contributed by atoms with Gasteiger partial charge in [0.25, 0.3) is 0 Å². The van der Waals surface area contributed by atoms with Crippen molar-refractivity contribution in [1.82, 2.24) is 16.0 Å². The molecule has 1 aliphatic carbocycles. The molecule has 2 aromatic rings. The lowest BCUT2D eigenvalue weighted by atomic mass is 9.82. The Labute approximate surface area is 347 Å². The van der Waals surface area contributed by atoms with E-state index >= 15 is 0 Å². The zero-order chi connectivity index (χ0) is 41.5. The Hall–Kier alpha value is -4.13. The molecule has 0 heterocycles. The van der Waals surface area contributed by atoms with Crippen molar-refractivity contribution >= 4 is 46.0 Å². The highest BCUT2D eigenvalue weighted by Gasteiger charge is 2.29. The van der Waals surface area contributed by atoms with E-state index in [-0.39, 0.29) is 54.8 Å². The summed E-state index contributed by atoms with van der Waals surface area (Å²) in [5.74, 6) is -0.242. The second-order valence-corrected chi connectivity index (χ2v) is 16.7. The number of alkyl carbamates (subject to hydrolysis) is 1. The standard InChI is InChI=1S/C44H64BrN3O9/c1-5-6-7-8-9-15-28-54-41(51)34-23-19-33(20-24-34)30-47-40(50)38(48-39(49)18-11-10-14-27-46-42(52)57-44(2,3)4)29-32-21-25-36(26-22-32)56-43(53)55-31-35-16-12-13-17-37(35)45/h12-13,16-17,21-22,25-26,33-34,38H,5-11,14-15,18-20,23-24,27-31H2,1-4H3,(H,46,52)(H,47,50)(H,48,49)/t33?,34?,38-/m0/s1. The van der Waals surface area contributed by atoms with Crippen molar-refractivity contribution in [2.24, 2.45) is 11.8 Å². The van der Waals surface area contributed by atoms with Gasteiger partial charge >= 0.3 is 18.2 Å². The van der Waals surface area contributed by atoms with E-state index in [1.54, 1.807) is 45.0 Å². The fraction of sp³-hybridized carbons (Fsp3) is 0.614. The van der Waals surface area contributed by atoms with Crippen LogP contribution in [0.1, 0.15) is 129 Å². The number of ether oxygens (including phenoxy) is 4. The monoisotopic (exact) mass is 857 g/mol. The number of nitrogens with one attached hydrogen (secondary N) is 3. The van der Waals surface area contributed by atoms with Crippen molar-refractivity contribution < 1.29 is 42.9 Å². The van der Waals surface area contributed by atoms with Crippen LogP contribution in [0.5, 0.6) is 5.75 Å². The lowest BCUT2D eigenvalue weighted by molar-refractivity contribution is -0.150. The van der Waals surface area contributed by atoms with Gasteiger partial charge in [0.2, 0.25) is 11.8 Å². The molecule has 3 N–H and O–H groups in total. The Kier molecular flexibility index (Phi) is 21.5. The van der Waals surface area contributed by atoms with Gasteiger partial charge in [-0.25, -0.2) is 9.59 Å². The van der Waals surface area contributed by atoms with Crippen molar-refractivity contribution in [3.63, 3.8) is 0 Å². The fourth-order valence-electron chi connectivity index (χ4n) is 6.52. The number of unbranched alkanes of at least 4 members (excludes halogenated alkanes) is 7. The predicted octanol–water partition coefficient (Wildman–Crippen LogP) is 9.10. The first-order valence-corrected chi connectivity index (χ1v) is 21.5. The van der Waals surface area contributed by atoms with Crippen LogP contribution in [0.15, 0.2) is 53.0 Å². The molecule has 0 spiro atoms. The maximum absolute atomic E-state index is 13.6. The summed E-state index contributed by atoms with van der Waals surface area (Å²) in [6.45, 7) is 9.02. The highest BCUT2D eigenvalue weighted by atomic mass is 79.9. The number of hydrogen-bond acceptors (Lipinski definition) is 9. The summed E-state index contributed by atoms with van der Waals surface area (Å²) in [4.78, 5) is 63.5. The average molecular weight is 859 g/mol. The average Bonchev–Trinajstić information content (AvgIpc) is 3.17. The Morgan fingerprint density at radius 2 is 1.49 bits per heavy atom. The first kappa shape index (κ1) is 47.2. The first-order valence-electron chi connectivity index (χ1n) is 20.7. The normalized spacial score (nSPS) is 15.8.